The van der Waals surface area contributed by atoms with Crippen LogP contribution < -0.4 is 5.32 Å². The normalized spacial score (nSPS) is 13.4. The molecule has 1 N–H and O–H groups in total. The standard InChI is InChI=1S/C22H23FN4OS2/c1-15-6-10-17(11-7-15)29-13-12-24-20(28)14-30-22-26-25-21(27(22)16-8-9-16)18-4-2-3-5-19(18)23/h2-7,10-11,16H,8-9,12-14H2,1H3,(H,24,28). The number of rotatable bonds is 9. The molecule has 1 amide bonds. The van der Waals surface area contributed by atoms with E-state index in [4.69, 9.17) is 0 Å². The van der Waals surface area contributed by atoms with Crippen molar-refractivity contribution in [2.75, 3.05) is 18.1 Å². The van der Waals surface area contributed by atoms with Gasteiger partial charge in [-0.15, -0.1) is 22.0 Å². The van der Waals surface area contributed by atoms with Crippen LogP contribution in [0.25, 0.3) is 11.4 Å². The van der Waals surface area contributed by atoms with Gasteiger partial charge in [-0.1, -0.05) is 41.6 Å². The Morgan fingerprint density at radius 1 is 1.13 bits per heavy atom. The molecular weight excluding hydrogens is 419 g/mol. The third-order valence-electron chi connectivity index (χ3n) is 4.74. The first kappa shape index (κ1) is 20.9. The summed E-state index contributed by atoms with van der Waals surface area (Å²) in [6.07, 6.45) is 2.05. The van der Waals surface area contributed by atoms with Crippen molar-refractivity contribution in [1.29, 1.82) is 0 Å². The van der Waals surface area contributed by atoms with Gasteiger partial charge in [0.05, 0.1) is 11.3 Å². The molecule has 0 saturated heterocycles. The summed E-state index contributed by atoms with van der Waals surface area (Å²) < 4.78 is 16.2. The minimum atomic E-state index is -0.313. The number of hydrogen-bond donors (Lipinski definition) is 1. The van der Waals surface area contributed by atoms with Crippen molar-refractivity contribution in [3.05, 3.63) is 59.9 Å². The molecule has 0 aliphatic heterocycles. The number of benzene rings is 2. The van der Waals surface area contributed by atoms with Gasteiger partial charge in [0.25, 0.3) is 0 Å². The monoisotopic (exact) mass is 442 g/mol. The lowest BCUT2D eigenvalue weighted by Gasteiger charge is -2.09. The molecule has 156 valence electrons. The second kappa shape index (κ2) is 9.66. The molecule has 4 rings (SSSR count). The zero-order valence-corrected chi connectivity index (χ0v) is 18.3. The summed E-state index contributed by atoms with van der Waals surface area (Å²) in [7, 11) is 0. The molecule has 0 atom stereocenters. The topological polar surface area (TPSA) is 59.8 Å². The predicted molar refractivity (Wildman–Crippen MR) is 119 cm³/mol. The van der Waals surface area contributed by atoms with Gasteiger partial charge in [0.2, 0.25) is 5.91 Å². The zero-order valence-electron chi connectivity index (χ0n) is 16.7. The van der Waals surface area contributed by atoms with Gasteiger partial charge in [-0.2, -0.15) is 0 Å². The van der Waals surface area contributed by atoms with Crippen molar-refractivity contribution < 1.29 is 9.18 Å². The van der Waals surface area contributed by atoms with Gasteiger partial charge in [0.1, 0.15) is 5.82 Å². The molecule has 0 unspecified atom stereocenters. The molecule has 1 aromatic heterocycles. The highest BCUT2D eigenvalue weighted by Crippen LogP contribution is 2.41. The molecule has 2 aromatic carbocycles. The molecule has 5 nitrogen and oxygen atoms in total. The number of nitrogens with zero attached hydrogens (tertiary/aromatic N) is 3. The second-order valence-electron chi connectivity index (χ2n) is 7.19. The molecule has 0 spiro atoms. The maximum atomic E-state index is 14.2. The summed E-state index contributed by atoms with van der Waals surface area (Å²) in [5, 5.41) is 12.1. The first-order chi connectivity index (χ1) is 14.6. The minimum Gasteiger partial charge on any atom is -0.355 e. The van der Waals surface area contributed by atoms with E-state index in [2.05, 4.69) is 46.7 Å². The summed E-state index contributed by atoms with van der Waals surface area (Å²) in [4.78, 5) is 13.4. The lowest BCUT2D eigenvalue weighted by molar-refractivity contribution is -0.118. The number of carbonyl (C=O) groups is 1. The molecule has 1 aliphatic rings. The first-order valence-electron chi connectivity index (χ1n) is 9.90. The molecular formula is C22H23FN4OS2. The summed E-state index contributed by atoms with van der Waals surface area (Å²) in [5.41, 5.74) is 1.68. The number of nitrogens with one attached hydrogen (secondary N) is 1. The molecule has 1 heterocycles. The smallest absolute Gasteiger partial charge is 0.230 e. The zero-order chi connectivity index (χ0) is 20.9. The van der Waals surface area contributed by atoms with Crippen molar-refractivity contribution in [3.63, 3.8) is 0 Å². The van der Waals surface area contributed by atoms with E-state index in [1.165, 1.54) is 28.3 Å². The summed E-state index contributed by atoms with van der Waals surface area (Å²) in [6, 6.07) is 15.2. The van der Waals surface area contributed by atoms with Gasteiger partial charge in [0, 0.05) is 23.2 Å². The van der Waals surface area contributed by atoms with E-state index in [0.29, 0.717) is 23.1 Å². The van der Waals surface area contributed by atoms with Crippen molar-refractivity contribution in [2.24, 2.45) is 0 Å². The van der Waals surface area contributed by atoms with Crippen molar-refractivity contribution in [1.82, 2.24) is 20.1 Å². The largest absolute Gasteiger partial charge is 0.355 e. The van der Waals surface area contributed by atoms with Crippen molar-refractivity contribution >= 4 is 29.4 Å². The molecule has 8 heteroatoms. The number of carbonyl (C=O) groups excluding carboxylic acids is 1. The van der Waals surface area contributed by atoms with Crippen molar-refractivity contribution in [3.8, 4) is 11.4 Å². The van der Waals surface area contributed by atoms with Crippen LogP contribution in [0.5, 0.6) is 0 Å². The van der Waals surface area contributed by atoms with Crippen LogP contribution in [0.15, 0.2) is 58.6 Å². The molecule has 3 aromatic rings. The van der Waals surface area contributed by atoms with E-state index in [1.54, 1.807) is 30.0 Å². The Morgan fingerprint density at radius 3 is 2.63 bits per heavy atom. The highest BCUT2D eigenvalue weighted by molar-refractivity contribution is 7.99. The van der Waals surface area contributed by atoms with Gasteiger partial charge in [-0.25, -0.2) is 4.39 Å². The Hall–Kier alpha value is -2.32. The van der Waals surface area contributed by atoms with Gasteiger partial charge in [-0.05, 0) is 44.0 Å². The van der Waals surface area contributed by atoms with Crippen LogP contribution in [-0.2, 0) is 4.79 Å². The Morgan fingerprint density at radius 2 is 1.90 bits per heavy atom. The van der Waals surface area contributed by atoms with Gasteiger partial charge >= 0.3 is 0 Å². The van der Waals surface area contributed by atoms with Crippen LogP contribution in [0.3, 0.4) is 0 Å². The summed E-state index contributed by atoms with van der Waals surface area (Å²) >= 11 is 3.07. The second-order valence-corrected chi connectivity index (χ2v) is 9.30. The van der Waals surface area contributed by atoms with Crippen LogP contribution in [0.4, 0.5) is 4.39 Å². The van der Waals surface area contributed by atoms with Crippen LogP contribution in [0.1, 0.15) is 24.4 Å². The van der Waals surface area contributed by atoms with E-state index < -0.39 is 0 Å². The lowest BCUT2D eigenvalue weighted by Crippen LogP contribution is -2.27. The van der Waals surface area contributed by atoms with E-state index in [-0.39, 0.29) is 23.5 Å². The SMILES string of the molecule is Cc1ccc(SCCNC(=O)CSc2nnc(-c3ccccc3F)n2C2CC2)cc1. The Balaban J connectivity index is 1.30. The number of amides is 1. The van der Waals surface area contributed by atoms with Crippen LogP contribution in [-0.4, -0.2) is 38.7 Å². The number of thioether (sulfide) groups is 2. The van der Waals surface area contributed by atoms with Gasteiger partial charge in [-0.3, -0.25) is 9.36 Å². The quantitative estimate of drug-likeness (QED) is 0.384. The highest BCUT2D eigenvalue weighted by atomic mass is 32.2. The number of aromatic nitrogens is 3. The number of aryl methyl sites for hydroxylation is 1. The molecule has 0 bridgehead atoms. The Labute approximate surface area is 183 Å². The van der Waals surface area contributed by atoms with Gasteiger partial charge < -0.3 is 5.32 Å². The van der Waals surface area contributed by atoms with Crippen LogP contribution in [0.2, 0.25) is 0 Å². The fraction of sp³-hybridized carbons (Fsp3) is 0.318. The Bertz CT molecular complexity index is 1020. The average Bonchev–Trinajstić information content (AvgIpc) is 3.50. The molecule has 0 radical (unpaired) electrons. The fourth-order valence-corrected chi connectivity index (χ4v) is 4.64. The minimum absolute atomic E-state index is 0.0395. The van der Waals surface area contributed by atoms with Gasteiger partial charge in [0.15, 0.2) is 11.0 Å². The highest BCUT2D eigenvalue weighted by Gasteiger charge is 2.31. The number of hydrogen-bond acceptors (Lipinski definition) is 5. The van der Waals surface area contributed by atoms with E-state index in [9.17, 15) is 9.18 Å². The van der Waals surface area contributed by atoms with E-state index in [1.807, 2.05) is 4.57 Å². The number of halogens is 1. The molecule has 1 saturated carbocycles. The Kier molecular flexibility index (Phi) is 6.74. The van der Waals surface area contributed by atoms with E-state index in [0.717, 1.165) is 18.6 Å². The maximum Gasteiger partial charge on any atom is 0.230 e. The molecule has 30 heavy (non-hydrogen) atoms. The lowest BCUT2D eigenvalue weighted by atomic mass is 10.2. The fourth-order valence-electron chi connectivity index (χ4n) is 3.04. The van der Waals surface area contributed by atoms with Crippen molar-refractivity contribution in [2.45, 2.75) is 35.9 Å². The maximum absolute atomic E-state index is 14.2. The molecule has 1 aliphatic carbocycles. The van der Waals surface area contributed by atoms with E-state index >= 15 is 0 Å². The first-order valence-corrected chi connectivity index (χ1v) is 11.9. The average molecular weight is 443 g/mol. The van der Waals surface area contributed by atoms with Crippen LogP contribution in [0, 0.1) is 12.7 Å². The third-order valence-corrected chi connectivity index (χ3v) is 6.69. The summed E-state index contributed by atoms with van der Waals surface area (Å²) in [5.74, 6) is 1.26. The summed E-state index contributed by atoms with van der Waals surface area (Å²) in [6.45, 7) is 2.67. The predicted octanol–water partition coefficient (Wildman–Crippen LogP) is 4.73. The third kappa shape index (κ3) is 5.23. The molecule has 1 fully saturated rings. The van der Waals surface area contributed by atoms with Crippen LogP contribution >= 0.6 is 23.5 Å².